The maximum absolute atomic E-state index is 12.7. The van der Waals surface area contributed by atoms with Crippen LogP contribution in [0, 0.1) is 0 Å². The summed E-state index contributed by atoms with van der Waals surface area (Å²) in [6.45, 7) is 4.24. The monoisotopic (exact) mass is 860 g/mol. The Morgan fingerprint density at radius 3 is 1.08 bits per heavy atom. The third-order valence-corrected chi connectivity index (χ3v) is 12.3. The first-order chi connectivity index (χ1) is 28.5. The Balaban J connectivity index is 3.99. The van der Waals surface area contributed by atoms with Gasteiger partial charge < -0.3 is 27.9 Å². The molecule has 0 bridgehead atoms. The van der Waals surface area contributed by atoms with Crippen LogP contribution >= 0.6 is 7.82 Å². The Bertz CT molecular complexity index is 974. The highest BCUT2D eigenvalue weighted by Crippen LogP contribution is 2.38. The summed E-state index contributed by atoms with van der Waals surface area (Å²) in [7, 11) is 1.18. The molecule has 0 aliphatic rings. The van der Waals surface area contributed by atoms with E-state index in [0.717, 1.165) is 32.1 Å². The van der Waals surface area contributed by atoms with Gasteiger partial charge in [-0.05, 0) is 12.8 Å². The molecule has 0 saturated heterocycles. The first-order valence-electron chi connectivity index (χ1n) is 25.2. The number of likely N-dealkylation sites (N-methyl/N-ethyl adjacent to an activating group) is 1. The maximum Gasteiger partial charge on any atom is 0.306 e. The van der Waals surface area contributed by atoms with Crippen LogP contribution in [0.25, 0.3) is 0 Å². The summed E-state index contributed by atoms with van der Waals surface area (Å²) in [6, 6.07) is 0. The molecule has 0 heterocycles. The lowest BCUT2D eigenvalue weighted by Crippen LogP contribution is -2.37. The van der Waals surface area contributed by atoms with Gasteiger partial charge >= 0.3 is 11.9 Å². The summed E-state index contributed by atoms with van der Waals surface area (Å²) < 4.78 is 33.9. The zero-order valence-corrected chi connectivity index (χ0v) is 40.6. The van der Waals surface area contributed by atoms with E-state index < -0.39 is 26.5 Å². The molecule has 59 heavy (non-hydrogen) atoms. The Labute approximate surface area is 365 Å². The topological polar surface area (TPSA) is 111 Å². The Morgan fingerprint density at radius 2 is 0.763 bits per heavy atom. The third kappa shape index (κ3) is 46.3. The lowest BCUT2D eigenvalue weighted by Gasteiger charge is -2.28. The van der Waals surface area contributed by atoms with Gasteiger partial charge in [0, 0.05) is 12.8 Å². The number of phosphoric ester groups is 1. The molecule has 0 aliphatic heterocycles. The molecule has 9 nitrogen and oxygen atoms in total. The number of carbonyl (C=O) groups excluding carboxylic acids is 2. The van der Waals surface area contributed by atoms with E-state index in [4.69, 9.17) is 18.5 Å². The zero-order chi connectivity index (χ0) is 43.6. The fourth-order valence-electron chi connectivity index (χ4n) is 7.42. The Hall–Kier alpha value is -0.990. The molecule has 352 valence electrons. The second kappa shape index (κ2) is 42.3. The summed E-state index contributed by atoms with van der Waals surface area (Å²) in [5, 5.41) is 0. The van der Waals surface area contributed by atoms with Gasteiger partial charge in [-0.3, -0.25) is 14.2 Å². The van der Waals surface area contributed by atoms with Gasteiger partial charge in [0.2, 0.25) is 0 Å². The van der Waals surface area contributed by atoms with Crippen molar-refractivity contribution < 1.29 is 42.1 Å². The quantitative estimate of drug-likeness (QED) is 0.0257. The number of phosphoric acid groups is 1. The summed E-state index contributed by atoms with van der Waals surface area (Å²) in [5.74, 6) is -0.823. The van der Waals surface area contributed by atoms with E-state index in [-0.39, 0.29) is 32.0 Å². The molecule has 0 spiro atoms. The molecule has 0 radical (unpaired) electrons. The van der Waals surface area contributed by atoms with E-state index in [2.05, 4.69) is 13.8 Å². The van der Waals surface area contributed by atoms with E-state index in [0.29, 0.717) is 17.4 Å². The number of hydrogen-bond acceptors (Lipinski definition) is 8. The molecular formula is C49H98NO8P. The highest BCUT2D eigenvalue weighted by Gasteiger charge is 2.21. The predicted molar refractivity (Wildman–Crippen MR) is 245 cm³/mol. The number of esters is 2. The van der Waals surface area contributed by atoms with Crippen LogP contribution in [-0.2, 0) is 32.7 Å². The second-order valence-corrected chi connectivity index (χ2v) is 20.0. The number of hydrogen-bond donors (Lipinski definition) is 0. The molecule has 0 fully saturated rings. The van der Waals surface area contributed by atoms with Gasteiger partial charge in [0.25, 0.3) is 7.82 Å². The highest BCUT2D eigenvalue weighted by molar-refractivity contribution is 7.45. The van der Waals surface area contributed by atoms with Crippen LogP contribution in [-0.4, -0.2) is 70.0 Å². The standard InChI is InChI=1S/C49H98NO8P/c1-6-8-10-12-14-16-17-18-19-20-21-22-23-24-25-26-27-28-29-30-31-32-33-34-36-38-40-42-49(52)58-47(46-57-59(53,54)56-44-43-50(3,4)5)45-55-48(51)41-39-37-35-15-13-11-9-7-2/h47H,6-46H2,1-5H3. The van der Waals surface area contributed by atoms with Crippen molar-refractivity contribution in [3.8, 4) is 0 Å². The van der Waals surface area contributed by atoms with Crippen LogP contribution in [0.1, 0.15) is 251 Å². The maximum atomic E-state index is 12.7. The van der Waals surface area contributed by atoms with Crippen molar-refractivity contribution in [3.63, 3.8) is 0 Å². The molecule has 0 amide bonds. The van der Waals surface area contributed by atoms with Crippen molar-refractivity contribution in [3.05, 3.63) is 0 Å². The average Bonchev–Trinajstić information content (AvgIpc) is 3.19. The number of ether oxygens (including phenoxy) is 2. The van der Waals surface area contributed by atoms with Crippen molar-refractivity contribution in [2.24, 2.45) is 0 Å². The molecule has 0 aliphatic carbocycles. The number of unbranched alkanes of at least 4 members (excludes halogenated alkanes) is 33. The van der Waals surface area contributed by atoms with Gasteiger partial charge in [-0.1, -0.05) is 226 Å². The third-order valence-electron chi connectivity index (χ3n) is 11.4. The normalized spacial score (nSPS) is 13.4. The second-order valence-electron chi connectivity index (χ2n) is 18.6. The van der Waals surface area contributed by atoms with Crippen LogP contribution in [0.3, 0.4) is 0 Å². The molecule has 0 N–H and O–H groups in total. The summed E-state index contributed by atoms with van der Waals surface area (Å²) in [4.78, 5) is 37.4. The van der Waals surface area contributed by atoms with E-state index in [1.807, 2.05) is 21.1 Å². The molecule has 0 aromatic heterocycles. The van der Waals surface area contributed by atoms with Gasteiger partial charge in [-0.25, -0.2) is 0 Å². The summed E-state index contributed by atoms with van der Waals surface area (Å²) in [6.07, 6.45) is 44.5. The first-order valence-corrected chi connectivity index (χ1v) is 26.7. The lowest BCUT2D eigenvalue weighted by molar-refractivity contribution is -0.870. The van der Waals surface area contributed by atoms with Gasteiger partial charge in [-0.15, -0.1) is 0 Å². The van der Waals surface area contributed by atoms with E-state index >= 15 is 0 Å². The molecule has 0 rings (SSSR count). The fourth-order valence-corrected chi connectivity index (χ4v) is 8.15. The minimum absolute atomic E-state index is 0.0258. The lowest BCUT2D eigenvalue weighted by atomic mass is 10.0. The van der Waals surface area contributed by atoms with Gasteiger partial charge in [0.1, 0.15) is 19.8 Å². The molecule has 0 aromatic rings. The molecule has 0 saturated carbocycles. The van der Waals surface area contributed by atoms with E-state index in [9.17, 15) is 19.0 Å². The van der Waals surface area contributed by atoms with Crippen LogP contribution in [0.5, 0.6) is 0 Å². The predicted octanol–water partition coefficient (Wildman–Crippen LogP) is 14.1. The van der Waals surface area contributed by atoms with E-state index in [1.54, 1.807) is 0 Å². The zero-order valence-electron chi connectivity index (χ0n) is 39.7. The van der Waals surface area contributed by atoms with Crippen LogP contribution < -0.4 is 4.89 Å². The minimum Gasteiger partial charge on any atom is -0.756 e. The smallest absolute Gasteiger partial charge is 0.306 e. The molecule has 2 atom stereocenters. The first kappa shape index (κ1) is 58.0. The minimum atomic E-state index is -4.61. The highest BCUT2D eigenvalue weighted by atomic mass is 31.2. The van der Waals surface area contributed by atoms with Gasteiger partial charge in [-0.2, -0.15) is 0 Å². The molecular weight excluding hydrogens is 762 g/mol. The molecule has 2 unspecified atom stereocenters. The summed E-state index contributed by atoms with van der Waals surface area (Å²) >= 11 is 0. The SMILES string of the molecule is CCCCCCCCCCCCCCCCCCCCCCCCCCCCCC(=O)OC(COC(=O)CCCCCCCCCC)COP(=O)([O-])OCC[N+](C)(C)C. The van der Waals surface area contributed by atoms with E-state index in [1.165, 1.54) is 186 Å². The van der Waals surface area contributed by atoms with Crippen LogP contribution in [0.2, 0.25) is 0 Å². The number of rotatable bonds is 47. The Kier molecular flexibility index (Phi) is 41.6. The van der Waals surface area contributed by atoms with Gasteiger partial charge in [0.15, 0.2) is 6.10 Å². The molecule has 0 aromatic carbocycles. The fraction of sp³-hybridized carbons (Fsp3) is 0.959. The number of quaternary nitrogens is 1. The van der Waals surface area contributed by atoms with Crippen molar-refractivity contribution in [1.29, 1.82) is 0 Å². The number of nitrogens with zero attached hydrogens (tertiary/aromatic N) is 1. The van der Waals surface area contributed by atoms with Crippen molar-refractivity contribution >= 4 is 19.8 Å². The van der Waals surface area contributed by atoms with Crippen molar-refractivity contribution in [2.75, 3.05) is 47.5 Å². The number of carbonyl (C=O) groups is 2. The van der Waals surface area contributed by atoms with Crippen LogP contribution in [0.15, 0.2) is 0 Å². The largest absolute Gasteiger partial charge is 0.756 e. The van der Waals surface area contributed by atoms with Crippen molar-refractivity contribution in [2.45, 2.75) is 258 Å². The van der Waals surface area contributed by atoms with Gasteiger partial charge in [0.05, 0.1) is 27.7 Å². The molecule has 10 heteroatoms. The average molecular weight is 860 g/mol. The Morgan fingerprint density at radius 1 is 0.458 bits per heavy atom. The summed E-state index contributed by atoms with van der Waals surface area (Å²) in [5.41, 5.74) is 0. The van der Waals surface area contributed by atoms with Crippen LogP contribution in [0.4, 0.5) is 0 Å². The van der Waals surface area contributed by atoms with Crippen molar-refractivity contribution in [1.82, 2.24) is 0 Å².